The largest absolute Gasteiger partial charge is 0.478 e. The lowest BCUT2D eigenvalue weighted by Gasteiger charge is -2.35. The molecule has 1 fully saturated rings. The van der Waals surface area contributed by atoms with Crippen LogP contribution in [-0.4, -0.2) is 17.1 Å². The zero-order chi connectivity index (χ0) is 13.8. The molecule has 0 heterocycles. The Morgan fingerprint density at radius 2 is 2.05 bits per heavy atom. The molecule has 3 heteroatoms. The van der Waals surface area contributed by atoms with E-state index in [1.54, 1.807) is 18.2 Å². The standard InChI is InChI=1S/C16H23NO2/c1-11(2)14-8-3-4-9-15(14)17-13-7-5-6-12(10-13)16(18)19/h5-7,10-11,14-15,17H,3-4,8-9H2,1-2H3,(H,18,19). The van der Waals surface area contributed by atoms with Crippen LogP contribution in [-0.2, 0) is 0 Å². The van der Waals surface area contributed by atoms with E-state index in [1.807, 2.05) is 6.07 Å². The molecule has 0 amide bonds. The van der Waals surface area contributed by atoms with Crippen LogP contribution in [0.4, 0.5) is 5.69 Å². The smallest absolute Gasteiger partial charge is 0.335 e. The molecule has 1 aromatic rings. The molecule has 0 saturated heterocycles. The SMILES string of the molecule is CC(C)C1CCCCC1Nc1cccc(C(=O)O)c1. The lowest BCUT2D eigenvalue weighted by molar-refractivity contribution is 0.0697. The Kier molecular flexibility index (Phi) is 4.46. The quantitative estimate of drug-likeness (QED) is 0.861. The lowest BCUT2D eigenvalue weighted by Crippen LogP contribution is -2.35. The summed E-state index contributed by atoms with van der Waals surface area (Å²) >= 11 is 0. The van der Waals surface area contributed by atoms with Crippen molar-refractivity contribution in [3.8, 4) is 0 Å². The van der Waals surface area contributed by atoms with Gasteiger partial charge >= 0.3 is 5.97 Å². The summed E-state index contributed by atoms with van der Waals surface area (Å²) in [5.41, 5.74) is 1.28. The van der Waals surface area contributed by atoms with Gasteiger partial charge in [-0.2, -0.15) is 0 Å². The van der Waals surface area contributed by atoms with E-state index in [9.17, 15) is 4.79 Å². The second kappa shape index (κ2) is 6.09. The Hall–Kier alpha value is -1.51. The number of carboxylic acids is 1. The van der Waals surface area contributed by atoms with Crippen molar-refractivity contribution in [1.82, 2.24) is 0 Å². The summed E-state index contributed by atoms with van der Waals surface area (Å²) in [5, 5.41) is 12.6. The predicted octanol–water partition coefficient (Wildman–Crippen LogP) is 4.01. The maximum Gasteiger partial charge on any atom is 0.335 e. The molecular formula is C16H23NO2. The number of aromatic carboxylic acids is 1. The van der Waals surface area contributed by atoms with Gasteiger partial charge in [-0.3, -0.25) is 0 Å². The summed E-state index contributed by atoms with van der Waals surface area (Å²) in [5.74, 6) is 0.482. The highest BCUT2D eigenvalue weighted by Crippen LogP contribution is 2.32. The first-order chi connectivity index (χ1) is 9.08. The summed E-state index contributed by atoms with van der Waals surface area (Å²) < 4.78 is 0. The molecule has 3 nitrogen and oxygen atoms in total. The van der Waals surface area contributed by atoms with Gasteiger partial charge in [-0.1, -0.05) is 32.8 Å². The molecule has 104 valence electrons. The van der Waals surface area contributed by atoms with E-state index in [0.717, 1.165) is 5.69 Å². The third-order valence-electron chi connectivity index (χ3n) is 4.14. The van der Waals surface area contributed by atoms with Crippen LogP contribution in [0.25, 0.3) is 0 Å². The summed E-state index contributed by atoms with van der Waals surface area (Å²) in [6.07, 6.45) is 5.03. The second-order valence-electron chi connectivity index (χ2n) is 5.83. The van der Waals surface area contributed by atoms with Crippen molar-refractivity contribution in [2.24, 2.45) is 11.8 Å². The topological polar surface area (TPSA) is 49.3 Å². The van der Waals surface area contributed by atoms with Crippen LogP contribution in [0, 0.1) is 11.8 Å². The highest BCUT2D eigenvalue weighted by Gasteiger charge is 2.27. The van der Waals surface area contributed by atoms with Crippen molar-refractivity contribution in [1.29, 1.82) is 0 Å². The maximum absolute atomic E-state index is 11.0. The average Bonchev–Trinajstić information content (AvgIpc) is 2.39. The fourth-order valence-electron chi connectivity index (χ4n) is 3.09. The van der Waals surface area contributed by atoms with Crippen molar-refractivity contribution in [2.45, 2.75) is 45.6 Å². The molecule has 0 aromatic heterocycles. The van der Waals surface area contributed by atoms with E-state index in [-0.39, 0.29) is 0 Å². The molecular weight excluding hydrogens is 238 g/mol. The third kappa shape index (κ3) is 3.49. The molecule has 2 atom stereocenters. The number of hydrogen-bond acceptors (Lipinski definition) is 2. The van der Waals surface area contributed by atoms with Gasteiger partial charge in [0.05, 0.1) is 5.56 Å². The van der Waals surface area contributed by atoms with Gasteiger partial charge < -0.3 is 10.4 Å². The van der Waals surface area contributed by atoms with Gasteiger partial charge in [0.25, 0.3) is 0 Å². The van der Waals surface area contributed by atoms with Crippen molar-refractivity contribution in [3.05, 3.63) is 29.8 Å². The third-order valence-corrected chi connectivity index (χ3v) is 4.14. The molecule has 0 spiro atoms. The fourth-order valence-corrected chi connectivity index (χ4v) is 3.09. The minimum absolute atomic E-state index is 0.349. The monoisotopic (exact) mass is 261 g/mol. The van der Waals surface area contributed by atoms with Gasteiger partial charge in [0.15, 0.2) is 0 Å². The summed E-state index contributed by atoms with van der Waals surface area (Å²) in [7, 11) is 0. The van der Waals surface area contributed by atoms with Crippen molar-refractivity contribution in [3.63, 3.8) is 0 Å². The molecule has 0 bridgehead atoms. The molecule has 2 N–H and O–H groups in total. The van der Waals surface area contributed by atoms with Crippen LogP contribution in [0.2, 0.25) is 0 Å². The number of carbonyl (C=O) groups is 1. The Bertz CT molecular complexity index is 442. The van der Waals surface area contributed by atoms with E-state index >= 15 is 0 Å². The zero-order valence-electron chi connectivity index (χ0n) is 11.7. The van der Waals surface area contributed by atoms with Crippen LogP contribution >= 0.6 is 0 Å². The first-order valence-corrected chi connectivity index (χ1v) is 7.18. The fraction of sp³-hybridized carbons (Fsp3) is 0.562. The molecule has 1 aliphatic carbocycles. The maximum atomic E-state index is 11.0. The minimum atomic E-state index is -0.868. The number of carboxylic acid groups (broad SMARTS) is 1. The van der Waals surface area contributed by atoms with Gasteiger partial charge in [0, 0.05) is 11.7 Å². The van der Waals surface area contributed by atoms with Crippen molar-refractivity contribution < 1.29 is 9.90 Å². The number of hydrogen-bond donors (Lipinski definition) is 2. The number of nitrogens with one attached hydrogen (secondary N) is 1. The Balaban J connectivity index is 2.10. The van der Waals surface area contributed by atoms with Gasteiger partial charge in [-0.25, -0.2) is 4.79 Å². The minimum Gasteiger partial charge on any atom is -0.478 e. The van der Waals surface area contributed by atoms with Crippen LogP contribution in [0.5, 0.6) is 0 Å². The van der Waals surface area contributed by atoms with E-state index < -0.39 is 5.97 Å². The van der Waals surface area contributed by atoms with E-state index in [2.05, 4.69) is 19.2 Å². The summed E-state index contributed by atoms with van der Waals surface area (Å²) in [6, 6.07) is 7.60. The Morgan fingerprint density at radius 1 is 1.32 bits per heavy atom. The molecule has 2 unspecified atom stereocenters. The molecule has 19 heavy (non-hydrogen) atoms. The van der Waals surface area contributed by atoms with E-state index in [1.165, 1.54) is 25.7 Å². The highest BCUT2D eigenvalue weighted by molar-refractivity contribution is 5.88. The molecule has 2 rings (SSSR count). The Labute approximate surface area is 115 Å². The van der Waals surface area contributed by atoms with Crippen molar-refractivity contribution >= 4 is 11.7 Å². The average molecular weight is 261 g/mol. The molecule has 0 radical (unpaired) electrons. The van der Waals surface area contributed by atoms with Gasteiger partial charge in [-0.15, -0.1) is 0 Å². The zero-order valence-corrected chi connectivity index (χ0v) is 11.7. The van der Waals surface area contributed by atoms with Gasteiger partial charge in [-0.05, 0) is 42.9 Å². The molecule has 0 aliphatic heterocycles. The van der Waals surface area contributed by atoms with Crippen LogP contribution in [0.1, 0.15) is 49.9 Å². The van der Waals surface area contributed by atoms with Crippen LogP contribution in [0.3, 0.4) is 0 Å². The van der Waals surface area contributed by atoms with Gasteiger partial charge in [0.2, 0.25) is 0 Å². The molecule has 1 aliphatic rings. The van der Waals surface area contributed by atoms with Crippen LogP contribution in [0.15, 0.2) is 24.3 Å². The molecule has 1 aromatic carbocycles. The Morgan fingerprint density at radius 3 is 2.74 bits per heavy atom. The first kappa shape index (κ1) is 13.9. The highest BCUT2D eigenvalue weighted by atomic mass is 16.4. The van der Waals surface area contributed by atoms with Crippen molar-refractivity contribution in [2.75, 3.05) is 5.32 Å². The van der Waals surface area contributed by atoms with E-state index in [4.69, 9.17) is 5.11 Å². The van der Waals surface area contributed by atoms with E-state index in [0.29, 0.717) is 23.4 Å². The number of anilines is 1. The summed E-state index contributed by atoms with van der Waals surface area (Å²) in [6.45, 7) is 4.55. The molecule has 1 saturated carbocycles. The van der Waals surface area contributed by atoms with Gasteiger partial charge in [0.1, 0.15) is 0 Å². The number of benzene rings is 1. The lowest BCUT2D eigenvalue weighted by atomic mass is 9.78. The summed E-state index contributed by atoms with van der Waals surface area (Å²) in [4.78, 5) is 11.0. The van der Waals surface area contributed by atoms with Crippen LogP contribution < -0.4 is 5.32 Å². The number of rotatable bonds is 4. The normalized spacial score (nSPS) is 23.3. The predicted molar refractivity (Wildman–Crippen MR) is 77.6 cm³/mol. The second-order valence-corrected chi connectivity index (χ2v) is 5.83. The first-order valence-electron chi connectivity index (χ1n) is 7.18.